The number of piperazine rings is 1. The van der Waals surface area contributed by atoms with Gasteiger partial charge in [0.1, 0.15) is 11.5 Å². The van der Waals surface area contributed by atoms with Crippen molar-refractivity contribution in [3.05, 3.63) is 87.2 Å². The minimum atomic E-state index is -0.296. The monoisotopic (exact) mass is 407 g/mol. The maximum Gasteiger partial charge on any atom is 0.260 e. The second-order valence-electron chi connectivity index (χ2n) is 8.21. The standard InChI is InChI=1S/C24H29N3O3/c1-17-6-8-19(9-7-17)23(26-12-10-25(3)11-13-26)22-21(28)15-18(2)27(24(22)29)16-20-5-4-14-30-20/h4-9,14-15,23,28H,10-13,16H2,1-3H3/t23-/m0/s1. The van der Waals surface area contributed by atoms with Gasteiger partial charge in [0.15, 0.2) is 0 Å². The number of aryl methyl sites for hydroxylation is 2. The summed E-state index contributed by atoms with van der Waals surface area (Å²) in [5.74, 6) is 0.765. The molecule has 2 aromatic heterocycles. The van der Waals surface area contributed by atoms with Crippen LogP contribution in [0.4, 0.5) is 0 Å². The summed E-state index contributed by atoms with van der Waals surface area (Å²) in [6, 6.07) is 13.3. The molecule has 6 nitrogen and oxygen atoms in total. The fourth-order valence-electron chi connectivity index (χ4n) is 4.17. The lowest BCUT2D eigenvalue weighted by Crippen LogP contribution is -2.47. The van der Waals surface area contributed by atoms with E-state index in [4.69, 9.17) is 4.42 Å². The molecule has 1 fully saturated rings. The molecular formula is C24H29N3O3. The van der Waals surface area contributed by atoms with Crippen LogP contribution in [0.2, 0.25) is 0 Å². The summed E-state index contributed by atoms with van der Waals surface area (Å²) < 4.78 is 7.15. The summed E-state index contributed by atoms with van der Waals surface area (Å²) in [6.07, 6.45) is 1.61. The molecule has 0 aliphatic carbocycles. The van der Waals surface area contributed by atoms with Crippen LogP contribution in [-0.2, 0) is 6.54 Å². The van der Waals surface area contributed by atoms with Crippen LogP contribution in [-0.4, -0.2) is 52.7 Å². The van der Waals surface area contributed by atoms with Gasteiger partial charge < -0.3 is 19.0 Å². The smallest absolute Gasteiger partial charge is 0.260 e. The van der Waals surface area contributed by atoms with E-state index in [1.807, 2.05) is 26.0 Å². The van der Waals surface area contributed by atoms with Crippen molar-refractivity contribution in [2.45, 2.75) is 26.4 Å². The van der Waals surface area contributed by atoms with Crippen molar-refractivity contribution < 1.29 is 9.52 Å². The Morgan fingerprint density at radius 3 is 2.40 bits per heavy atom. The molecule has 0 radical (unpaired) electrons. The zero-order valence-electron chi connectivity index (χ0n) is 17.8. The zero-order valence-corrected chi connectivity index (χ0v) is 17.8. The Hall–Kier alpha value is -2.83. The van der Waals surface area contributed by atoms with Gasteiger partial charge in [-0.15, -0.1) is 0 Å². The zero-order chi connectivity index (χ0) is 21.3. The van der Waals surface area contributed by atoms with Crippen molar-refractivity contribution in [1.82, 2.24) is 14.4 Å². The van der Waals surface area contributed by atoms with E-state index in [-0.39, 0.29) is 17.4 Å². The van der Waals surface area contributed by atoms with Crippen LogP contribution >= 0.6 is 0 Å². The SMILES string of the molecule is Cc1ccc([C@@H](c2c(O)cc(C)n(Cc3ccco3)c2=O)N2CCN(C)CC2)cc1. The number of hydrogen-bond donors (Lipinski definition) is 1. The molecule has 4 rings (SSSR count). The normalized spacial score (nSPS) is 16.6. The van der Waals surface area contributed by atoms with Crippen molar-refractivity contribution in [2.24, 2.45) is 0 Å². The molecule has 30 heavy (non-hydrogen) atoms. The summed E-state index contributed by atoms with van der Waals surface area (Å²) in [4.78, 5) is 18.2. The van der Waals surface area contributed by atoms with Crippen LogP contribution in [0.15, 0.2) is 57.9 Å². The van der Waals surface area contributed by atoms with Crippen LogP contribution in [0.5, 0.6) is 5.75 Å². The summed E-state index contributed by atoms with van der Waals surface area (Å²) >= 11 is 0. The maximum absolute atomic E-state index is 13.6. The fourth-order valence-corrected chi connectivity index (χ4v) is 4.17. The second kappa shape index (κ2) is 8.50. The lowest BCUT2D eigenvalue weighted by Gasteiger charge is -2.38. The van der Waals surface area contributed by atoms with Crippen LogP contribution in [0.3, 0.4) is 0 Å². The average Bonchev–Trinajstić information content (AvgIpc) is 3.23. The van der Waals surface area contributed by atoms with Gasteiger partial charge in [0.25, 0.3) is 5.56 Å². The molecular weight excluding hydrogens is 378 g/mol. The highest BCUT2D eigenvalue weighted by Crippen LogP contribution is 2.33. The highest BCUT2D eigenvalue weighted by Gasteiger charge is 2.31. The number of pyridine rings is 1. The summed E-state index contributed by atoms with van der Waals surface area (Å²) in [7, 11) is 2.11. The Balaban J connectivity index is 1.83. The van der Waals surface area contributed by atoms with Gasteiger partial charge in [-0.1, -0.05) is 29.8 Å². The molecule has 0 unspecified atom stereocenters. The molecule has 6 heteroatoms. The third kappa shape index (κ3) is 4.06. The summed E-state index contributed by atoms with van der Waals surface area (Å²) in [5.41, 5.74) is 3.15. The molecule has 0 saturated carbocycles. The molecule has 1 aliphatic heterocycles. The lowest BCUT2D eigenvalue weighted by molar-refractivity contribution is 0.125. The number of benzene rings is 1. The van der Waals surface area contributed by atoms with Gasteiger partial charge >= 0.3 is 0 Å². The molecule has 0 spiro atoms. The minimum Gasteiger partial charge on any atom is -0.507 e. The van der Waals surface area contributed by atoms with Crippen molar-refractivity contribution in [3.8, 4) is 5.75 Å². The first kappa shape index (κ1) is 20.4. The molecule has 0 bridgehead atoms. The van der Waals surface area contributed by atoms with Gasteiger partial charge in [-0.25, -0.2) is 0 Å². The molecule has 3 aromatic rings. The number of aromatic nitrogens is 1. The number of likely N-dealkylation sites (N-methyl/N-ethyl adjacent to an activating group) is 1. The van der Waals surface area contributed by atoms with E-state index in [2.05, 4.69) is 41.1 Å². The van der Waals surface area contributed by atoms with Crippen LogP contribution in [0.25, 0.3) is 0 Å². The van der Waals surface area contributed by atoms with E-state index >= 15 is 0 Å². The van der Waals surface area contributed by atoms with E-state index in [1.165, 1.54) is 5.56 Å². The van der Waals surface area contributed by atoms with Crippen molar-refractivity contribution >= 4 is 0 Å². The van der Waals surface area contributed by atoms with Crippen LogP contribution in [0, 0.1) is 13.8 Å². The van der Waals surface area contributed by atoms with E-state index < -0.39 is 0 Å². The Bertz CT molecular complexity index is 1050. The first-order chi connectivity index (χ1) is 14.4. The molecule has 158 valence electrons. The molecule has 3 heterocycles. The van der Waals surface area contributed by atoms with E-state index in [9.17, 15) is 9.90 Å². The molecule has 1 atom stereocenters. The van der Waals surface area contributed by atoms with E-state index in [1.54, 1.807) is 16.9 Å². The van der Waals surface area contributed by atoms with Crippen molar-refractivity contribution in [3.63, 3.8) is 0 Å². The van der Waals surface area contributed by atoms with Crippen LogP contribution in [0.1, 0.15) is 34.2 Å². The largest absolute Gasteiger partial charge is 0.507 e. The number of furan rings is 1. The highest BCUT2D eigenvalue weighted by molar-refractivity contribution is 5.41. The van der Waals surface area contributed by atoms with Crippen LogP contribution < -0.4 is 5.56 Å². The Labute approximate surface area is 177 Å². The number of aromatic hydroxyl groups is 1. The van der Waals surface area contributed by atoms with Gasteiger partial charge in [-0.2, -0.15) is 0 Å². The molecule has 1 saturated heterocycles. The average molecular weight is 408 g/mol. The molecule has 1 N–H and O–H groups in total. The topological polar surface area (TPSA) is 61.9 Å². The summed E-state index contributed by atoms with van der Waals surface area (Å²) in [6.45, 7) is 7.75. The molecule has 1 aliphatic rings. The van der Waals surface area contributed by atoms with Crippen molar-refractivity contribution in [2.75, 3.05) is 33.2 Å². The van der Waals surface area contributed by atoms with Gasteiger partial charge in [-0.05, 0) is 44.7 Å². The van der Waals surface area contributed by atoms with Gasteiger partial charge in [0.2, 0.25) is 0 Å². The fraction of sp³-hybridized carbons (Fsp3) is 0.375. The first-order valence-electron chi connectivity index (χ1n) is 10.4. The van der Waals surface area contributed by atoms with E-state index in [0.717, 1.165) is 31.7 Å². The minimum absolute atomic E-state index is 0.0534. The lowest BCUT2D eigenvalue weighted by atomic mass is 9.95. The van der Waals surface area contributed by atoms with Gasteiger partial charge in [0, 0.05) is 31.9 Å². The number of hydrogen-bond acceptors (Lipinski definition) is 5. The van der Waals surface area contributed by atoms with Gasteiger partial charge in [-0.3, -0.25) is 9.69 Å². The first-order valence-corrected chi connectivity index (χ1v) is 10.4. The molecule has 1 aromatic carbocycles. The quantitative estimate of drug-likeness (QED) is 0.704. The molecule has 0 amide bonds. The second-order valence-corrected chi connectivity index (χ2v) is 8.21. The third-order valence-electron chi connectivity index (χ3n) is 5.99. The van der Waals surface area contributed by atoms with E-state index in [0.29, 0.717) is 23.6 Å². The predicted molar refractivity (Wildman–Crippen MR) is 117 cm³/mol. The number of rotatable bonds is 5. The third-order valence-corrected chi connectivity index (χ3v) is 5.99. The van der Waals surface area contributed by atoms with Gasteiger partial charge in [0.05, 0.1) is 24.4 Å². The Kier molecular flexibility index (Phi) is 5.79. The predicted octanol–water partition coefficient (Wildman–Crippen LogP) is 3.15. The summed E-state index contributed by atoms with van der Waals surface area (Å²) in [5, 5.41) is 10.9. The Morgan fingerprint density at radius 1 is 1.07 bits per heavy atom. The number of nitrogens with zero attached hydrogens (tertiary/aromatic N) is 3. The van der Waals surface area contributed by atoms with Crippen molar-refractivity contribution in [1.29, 1.82) is 0 Å². The highest BCUT2D eigenvalue weighted by atomic mass is 16.3. The maximum atomic E-state index is 13.6. The Morgan fingerprint density at radius 2 is 1.77 bits per heavy atom.